The molecule has 0 atom stereocenters. The van der Waals surface area contributed by atoms with E-state index in [1.165, 1.54) is 6.08 Å². The molecule has 0 saturated carbocycles. The van der Waals surface area contributed by atoms with Crippen molar-refractivity contribution < 1.29 is 14.3 Å². The molecule has 2 aromatic carbocycles. The van der Waals surface area contributed by atoms with E-state index in [4.69, 9.17) is 17.0 Å². The smallest absolute Gasteiger partial charge is 0.253 e. The van der Waals surface area contributed by atoms with Crippen molar-refractivity contribution in [3.05, 3.63) is 65.7 Å². The zero-order chi connectivity index (χ0) is 18.9. The summed E-state index contributed by atoms with van der Waals surface area (Å²) in [4.78, 5) is 23.9. The summed E-state index contributed by atoms with van der Waals surface area (Å²) in [6, 6.07) is 14.2. The van der Waals surface area contributed by atoms with Crippen LogP contribution in [0.2, 0.25) is 0 Å². The van der Waals surface area contributed by atoms with Crippen molar-refractivity contribution in [2.75, 3.05) is 19.5 Å². The van der Waals surface area contributed by atoms with Crippen LogP contribution in [0, 0.1) is 0 Å². The minimum Gasteiger partial charge on any atom is -0.496 e. The summed E-state index contributed by atoms with van der Waals surface area (Å²) in [5, 5.41) is 8.05. The second-order valence-electron chi connectivity index (χ2n) is 5.14. The molecule has 2 amide bonds. The first kappa shape index (κ1) is 19.1. The SMILES string of the molecule is CNC(=O)c1ccccc1NC(=S)NC(=O)/C=C/c1ccccc1OC. The Morgan fingerprint density at radius 1 is 1.08 bits per heavy atom. The number of carbonyl (C=O) groups is 2. The maximum atomic E-state index is 12.0. The van der Waals surface area contributed by atoms with E-state index >= 15 is 0 Å². The van der Waals surface area contributed by atoms with Crippen LogP contribution in [0.1, 0.15) is 15.9 Å². The molecule has 2 rings (SSSR count). The molecule has 0 bridgehead atoms. The first-order valence-corrected chi connectivity index (χ1v) is 8.20. The van der Waals surface area contributed by atoms with Gasteiger partial charge in [-0.2, -0.15) is 0 Å². The van der Waals surface area contributed by atoms with Crippen LogP contribution in [0.3, 0.4) is 0 Å². The van der Waals surface area contributed by atoms with Crippen molar-refractivity contribution in [3.63, 3.8) is 0 Å². The fourth-order valence-corrected chi connectivity index (χ4v) is 2.41. The van der Waals surface area contributed by atoms with Crippen LogP contribution in [0.5, 0.6) is 5.75 Å². The summed E-state index contributed by atoms with van der Waals surface area (Å²) in [5.41, 5.74) is 1.70. The average molecular weight is 369 g/mol. The molecule has 0 aliphatic heterocycles. The lowest BCUT2D eigenvalue weighted by Gasteiger charge is -2.12. The van der Waals surface area contributed by atoms with Gasteiger partial charge in [0.05, 0.1) is 18.4 Å². The first-order chi connectivity index (χ1) is 12.5. The predicted molar refractivity (Wildman–Crippen MR) is 106 cm³/mol. The molecular weight excluding hydrogens is 350 g/mol. The average Bonchev–Trinajstić information content (AvgIpc) is 2.66. The summed E-state index contributed by atoms with van der Waals surface area (Å²) < 4.78 is 5.22. The Balaban J connectivity index is 2.01. The molecule has 0 aliphatic rings. The number of anilines is 1. The first-order valence-electron chi connectivity index (χ1n) is 7.79. The third-order valence-corrected chi connectivity index (χ3v) is 3.64. The second-order valence-corrected chi connectivity index (χ2v) is 5.55. The standard InChI is InChI=1S/C19H19N3O3S/c1-20-18(24)14-8-4-5-9-15(14)21-19(26)22-17(23)12-11-13-7-3-6-10-16(13)25-2/h3-12H,1-2H3,(H,20,24)(H2,21,22,23,26)/b12-11+. The van der Waals surface area contributed by atoms with E-state index in [9.17, 15) is 9.59 Å². The third-order valence-electron chi connectivity index (χ3n) is 3.44. The fraction of sp³-hybridized carbons (Fsp3) is 0.105. The number of hydrogen-bond donors (Lipinski definition) is 3. The second kappa shape index (κ2) is 9.33. The number of benzene rings is 2. The highest BCUT2D eigenvalue weighted by Crippen LogP contribution is 2.18. The van der Waals surface area contributed by atoms with E-state index in [0.717, 1.165) is 5.56 Å². The number of thiocarbonyl (C=S) groups is 1. The van der Waals surface area contributed by atoms with Crippen molar-refractivity contribution in [1.29, 1.82) is 0 Å². The zero-order valence-corrected chi connectivity index (χ0v) is 15.2. The molecule has 0 fully saturated rings. The lowest BCUT2D eigenvalue weighted by atomic mass is 10.1. The molecule has 6 nitrogen and oxygen atoms in total. The Bertz CT molecular complexity index is 849. The van der Waals surface area contributed by atoms with Gasteiger partial charge >= 0.3 is 0 Å². The van der Waals surface area contributed by atoms with Gasteiger partial charge in [0.2, 0.25) is 5.91 Å². The van der Waals surface area contributed by atoms with Gasteiger partial charge in [0.1, 0.15) is 5.75 Å². The number of methoxy groups -OCH3 is 1. The highest BCUT2D eigenvalue weighted by Gasteiger charge is 2.10. The number of rotatable bonds is 5. The summed E-state index contributed by atoms with van der Waals surface area (Å²) in [6.07, 6.45) is 2.99. The Morgan fingerprint density at radius 3 is 2.50 bits per heavy atom. The van der Waals surface area contributed by atoms with Crippen LogP contribution in [0.4, 0.5) is 5.69 Å². The van der Waals surface area contributed by atoms with Crippen LogP contribution in [-0.4, -0.2) is 31.1 Å². The monoisotopic (exact) mass is 369 g/mol. The zero-order valence-electron chi connectivity index (χ0n) is 14.4. The number of ether oxygens (including phenoxy) is 1. The van der Waals surface area contributed by atoms with Crippen molar-refractivity contribution >= 4 is 40.9 Å². The van der Waals surface area contributed by atoms with Crippen molar-refractivity contribution in [2.45, 2.75) is 0 Å². The van der Waals surface area contributed by atoms with Gasteiger partial charge in [-0.25, -0.2) is 0 Å². The summed E-state index contributed by atoms with van der Waals surface area (Å²) >= 11 is 5.14. The number of nitrogens with one attached hydrogen (secondary N) is 3. The molecule has 0 spiro atoms. The Morgan fingerprint density at radius 2 is 1.77 bits per heavy atom. The van der Waals surface area contributed by atoms with Crippen molar-refractivity contribution in [1.82, 2.24) is 10.6 Å². The molecular formula is C19H19N3O3S. The molecule has 2 aromatic rings. The van der Waals surface area contributed by atoms with Crippen LogP contribution in [0.25, 0.3) is 6.08 Å². The number of hydrogen-bond acceptors (Lipinski definition) is 4. The number of amides is 2. The quantitative estimate of drug-likeness (QED) is 0.558. The number of carbonyl (C=O) groups excluding carboxylic acids is 2. The van der Waals surface area contributed by atoms with Crippen LogP contribution in [0.15, 0.2) is 54.6 Å². The Hall–Kier alpha value is -3.19. The summed E-state index contributed by atoms with van der Waals surface area (Å²) in [6.45, 7) is 0. The highest BCUT2D eigenvalue weighted by molar-refractivity contribution is 7.80. The normalized spacial score (nSPS) is 10.2. The Labute approximate surface area is 157 Å². The summed E-state index contributed by atoms with van der Waals surface area (Å²) in [5.74, 6) is 0.0147. The molecule has 134 valence electrons. The van der Waals surface area contributed by atoms with E-state index in [1.807, 2.05) is 18.2 Å². The summed E-state index contributed by atoms with van der Waals surface area (Å²) in [7, 11) is 3.11. The van der Waals surface area contributed by atoms with E-state index in [2.05, 4.69) is 16.0 Å². The van der Waals surface area contributed by atoms with Gasteiger partial charge < -0.3 is 15.4 Å². The van der Waals surface area contributed by atoms with Gasteiger partial charge in [0.25, 0.3) is 5.91 Å². The molecule has 7 heteroatoms. The van der Waals surface area contributed by atoms with E-state index in [-0.39, 0.29) is 11.0 Å². The molecule has 0 heterocycles. The predicted octanol–water partition coefficient (Wildman–Crippen LogP) is 2.58. The third kappa shape index (κ3) is 5.15. The van der Waals surface area contributed by atoms with Gasteiger partial charge in [-0.1, -0.05) is 30.3 Å². The van der Waals surface area contributed by atoms with Gasteiger partial charge in [-0.15, -0.1) is 0 Å². The Kier molecular flexibility index (Phi) is 6.87. The minimum absolute atomic E-state index is 0.0935. The van der Waals surface area contributed by atoms with Gasteiger partial charge in [-0.05, 0) is 36.5 Å². The van der Waals surface area contributed by atoms with Crippen molar-refractivity contribution in [3.8, 4) is 5.75 Å². The van der Waals surface area contributed by atoms with Crippen LogP contribution >= 0.6 is 12.2 Å². The minimum atomic E-state index is -0.397. The number of para-hydroxylation sites is 2. The van der Waals surface area contributed by atoms with E-state index in [0.29, 0.717) is 17.0 Å². The van der Waals surface area contributed by atoms with Gasteiger partial charge in [-0.3, -0.25) is 14.9 Å². The van der Waals surface area contributed by atoms with E-state index < -0.39 is 5.91 Å². The molecule has 0 aliphatic carbocycles. The molecule has 0 unspecified atom stereocenters. The van der Waals surface area contributed by atoms with Gasteiger partial charge in [0.15, 0.2) is 5.11 Å². The highest BCUT2D eigenvalue weighted by atomic mass is 32.1. The van der Waals surface area contributed by atoms with Crippen LogP contribution < -0.4 is 20.7 Å². The van der Waals surface area contributed by atoms with Gasteiger partial charge in [0, 0.05) is 18.7 Å². The molecule has 3 N–H and O–H groups in total. The lowest BCUT2D eigenvalue weighted by molar-refractivity contribution is -0.115. The maximum absolute atomic E-state index is 12.0. The van der Waals surface area contributed by atoms with Crippen molar-refractivity contribution in [2.24, 2.45) is 0 Å². The molecule has 26 heavy (non-hydrogen) atoms. The maximum Gasteiger partial charge on any atom is 0.253 e. The fourth-order valence-electron chi connectivity index (χ4n) is 2.20. The lowest BCUT2D eigenvalue weighted by Crippen LogP contribution is -2.33. The van der Waals surface area contributed by atoms with Crippen LogP contribution in [-0.2, 0) is 4.79 Å². The molecule has 0 saturated heterocycles. The van der Waals surface area contributed by atoms with E-state index in [1.54, 1.807) is 50.6 Å². The molecule has 0 radical (unpaired) electrons. The topological polar surface area (TPSA) is 79.5 Å². The molecule has 0 aromatic heterocycles. The largest absolute Gasteiger partial charge is 0.496 e.